The van der Waals surface area contributed by atoms with Crippen LogP contribution in [0.3, 0.4) is 0 Å². The van der Waals surface area contributed by atoms with Crippen LogP contribution in [0, 0.1) is 0 Å². The van der Waals surface area contributed by atoms with Crippen LogP contribution in [-0.4, -0.2) is 11.2 Å². The van der Waals surface area contributed by atoms with Crippen molar-refractivity contribution in [2.45, 2.75) is 29.5 Å². The molecule has 0 saturated carbocycles. The minimum Gasteiger partial charge on any atom is -0.326 e. The zero-order chi connectivity index (χ0) is 14.7. The molecule has 108 valence electrons. The second-order valence-corrected chi connectivity index (χ2v) is 6.42. The summed E-state index contributed by atoms with van der Waals surface area (Å²) in [7, 11) is 0. The number of fused-ring (bicyclic) bond motifs is 1. The smallest absolute Gasteiger partial charge is 0.237 e. The molecule has 0 radical (unpaired) electrons. The van der Waals surface area contributed by atoms with Crippen LogP contribution >= 0.6 is 11.8 Å². The van der Waals surface area contributed by atoms with Gasteiger partial charge in [-0.05, 0) is 42.2 Å². The summed E-state index contributed by atoms with van der Waals surface area (Å²) < 4.78 is 0. The maximum absolute atomic E-state index is 12.4. The molecule has 3 rings (SSSR count). The Kier molecular flexibility index (Phi) is 4.27. The highest BCUT2D eigenvalue weighted by Gasteiger charge is 2.24. The fourth-order valence-electron chi connectivity index (χ4n) is 2.47. The summed E-state index contributed by atoms with van der Waals surface area (Å²) in [5, 5.41) is 2.98. The molecule has 21 heavy (non-hydrogen) atoms. The van der Waals surface area contributed by atoms with Crippen LogP contribution in [0.2, 0.25) is 0 Å². The van der Waals surface area contributed by atoms with Crippen molar-refractivity contribution in [3.05, 3.63) is 59.7 Å². The third-order valence-electron chi connectivity index (χ3n) is 3.68. The van der Waals surface area contributed by atoms with E-state index in [4.69, 9.17) is 5.73 Å². The third-order valence-corrected chi connectivity index (χ3v) is 4.96. The molecular formula is C17H18N2OS. The lowest BCUT2D eigenvalue weighted by Crippen LogP contribution is -2.23. The zero-order valence-electron chi connectivity index (χ0n) is 11.7. The van der Waals surface area contributed by atoms with E-state index < -0.39 is 0 Å². The topological polar surface area (TPSA) is 55.1 Å². The molecule has 0 aromatic heterocycles. The molecule has 0 aliphatic carbocycles. The summed E-state index contributed by atoms with van der Waals surface area (Å²) in [4.78, 5) is 13.5. The summed E-state index contributed by atoms with van der Waals surface area (Å²) in [6.07, 6.45) is 1.78. The molecule has 2 aromatic carbocycles. The lowest BCUT2D eigenvalue weighted by Gasteiger charge is -2.13. The molecule has 1 amide bonds. The van der Waals surface area contributed by atoms with Gasteiger partial charge in [0.1, 0.15) is 0 Å². The first-order valence-corrected chi connectivity index (χ1v) is 7.98. The monoisotopic (exact) mass is 298 g/mol. The molecule has 1 aliphatic rings. The highest BCUT2D eigenvalue weighted by Crippen LogP contribution is 2.31. The van der Waals surface area contributed by atoms with Crippen molar-refractivity contribution in [1.29, 1.82) is 0 Å². The van der Waals surface area contributed by atoms with E-state index in [1.165, 1.54) is 5.56 Å². The van der Waals surface area contributed by atoms with Crippen LogP contribution in [0.25, 0.3) is 0 Å². The quantitative estimate of drug-likeness (QED) is 0.915. The van der Waals surface area contributed by atoms with Crippen molar-refractivity contribution in [2.75, 3.05) is 5.32 Å². The molecule has 0 spiro atoms. The van der Waals surface area contributed by atoms with E-state index in [-0.39, 0.29) is 11.2 Å². The summed E-state index contributed by atoms with van der Waals surface area (Å²) in [6, 6.07) is 16.1. The van der Waals surface area contributed by atoms with Gasteiger partial charge in [-0.15, -0.1) is 11.8 Å². The van der Waals surface area contributed by atoms with E-state index >= 15 is 0 Å². The summed E-state index contributed by atoms with van der Waals surface area (Å²) >= 11 is 1.62. The predicted octanol–water partition coefficient (Wildman–Crippen LogP) is 3.19. The molecule has 1 unspecified atom stereocenters. The predicted molar refractivity (Wildman–Crippen MR) is 87.4 cm³/mol. The molecule has 0 bridgehead atoms. The van der Waals surface area contributed by atoms with Gasteiger partial charge >= 0.3 is 0 Å². The van der Waals surface area contributed by atoms with Gasteiger partial charge in [0, 0.05) is 17.1 Å². The second-order valence-electron chi connectivity index (χ2n) is 5.14. The van der Waals surface area contributed by atoms with Gasteiger partial charge in [0.15, 0.2) is 0 Å². The normalized spacial score (nSPS) is 17.8. The number of anilines is 1. The Balaban J connectivity index is 1.73. The highest BCUT2D eigenvalue weighted by atomic mass is 32.2. The fraction of sp³-hybridized carbons (Fsp3) is 0.235. The third kappa shape index (κ3) is 3.28. The number of hydrogen-bond acceptors (Lipinski definition) is 3. The van der Waals surface area contributed by atoms with E-state index in [0.717, 1.165) is 29.0 Å². The van der Waals surface area contributed by atoms with Crippen molar-refractivity contribution in [2.24, 2.45) is 5.73 Å². The maximum atomic E-state index is 12.4. The minimum atomic E-state index is -0.0545. The summed E-state index contributed by atoms with van der Waals surface area (Å²) in [5.74, 6) is 0.0906. The van der Waals surface area contributed by atoms with Crippen LogP contribution in [-0.2, 0) is 17.8 Å². The first-order chi connectivity index (χ1) is 10.3. The van der Waals surface area contributed by atoms with Crippen molar-refractivity contribution in [3.8, 4) is 0 Å². The van der Waals surface area contributed by atoms with Gasteiger partial charge in [0.2, 0.25) is 5.91 Å². The van der Waals surface area contributed by atoms with E-state index in [0.29, 0.717) is 6.54 Å². The Labute approximate surface area is 128 Å². The number of nitrogens with two attached hydrogens (primary N) is 1. The van der Waals surface area contributed by atoms with Crippen LogP contribution in [0.1, 0.15) is 17.5 Å². The summed E-state index contributed by atoms with van der Waals surface area (Å²) in [6.45, 7) is 0.546. The molecular weight excluding hydrogens is 280 g/mol. The number of carbonyl (C=O) groups excluding carboxylic acids is 1. The van der Waals surface area contributed by atoms with Gasteiger partial charge in [-0.2, -0.15) is 0 Å². The second kappa shape index (κ2) is 6.33. The average molecular weight is 298 g/mol. The number of rotatable bonds is 3. The van der Waals surface area contributed by atoms with Crippen molar-refractivity contribution in [3.63, 3.8) is 0 Å². The van der Waals surface area contributed by atoms with Crippen LogP contribution in [0.4, 0.5) is 5.69 Å². The van der Waals surface area contributed by atoms with E-state index in [2.05, 4.69) is 11.4 Å². The molecule has 1 heterocycles. The number of amides is 1. The molecule has 1 aliphatic heterocycles. The number of aryl methyl sites for hydroxylation is 1. The number of benzene rings is 2. The van der Waals surface area contributed by atoms with Gasteiger partial charge < -0.3 is 11.1 Å². The van der Waals surface area contributed by atoms with Gasteiger partial charge in [0.05, 0.1) is 5.25 Å². The minimum absolute atomic E-state index is 0.0545. The number of thioether (sulfide) groups is 1. The molecule has 3 N–H and O–H groups in total. The number of para-hydroxylation sites is 1. The first-order valence-electron chi connectivity index (χ1n) is 7.10. The largest absolute Gasteiger partial charge is 0.326 e. The Morgan fingerprint density at radius 2 is 1.90 bits per heavy atom. The Hall–Kier alpha value is -1.78. The number of hydrogen-bond donors (Lipinski definition) is 2. The molecule has 1 atom stereocenters. The number of carbonyl (C=O) groups is 1. The molecule has 0 saturated heterocycles. The molecule has 0 fully saturated rings. The number of nitrogens with one attached hydrogen (secondary N) is 1. The van der Waals surface area contributed by atoms with Crippen LogP contribution < -0.4 is 11.1 Å². The fourth-order valence-corrected chi connectivity index (χ4v) is 3.50. The van der Waals surface area contributed by atoms with E-state index in [1.807, 2.05) is 42.5 Å². The van der Waals surface area contributed by atoms with Crippen LogP contribution in [0.15, 0.2) is 53.4 Å². The van der Waals surface area contributed by atoms with Crippen molar-refractivity contribution in [1.82, 2.24) is 0 Å². The molecule has 3 nitrogen and oxygen atoms in total. The lowest BCUT2D eigenvalue weighted by atomic mass is 10.1. The molecule has 4 heteroatoms. The van der Waals surface area contributed by atoms with Gasteiger partial charge in [-0.1, -0.05) is 30.3 Å². The molecule has 2 aromatic rings. The first kappa shape index (κ1) is 14.2. The van der Waals surface area contributed by atoms with Crippen molar-refractivity contribution >= 4 is 23.4 Å². The highest BCUT2D eigenvalue weighted by molar-refractivity contribution is 8.00. The Morgan fingerprint density at radius 3 is 2.67 bits per heavy atom. The van der Waals surface area contributed by atoms with E-state index in [1.54, 1.807) is 11.8 Å². The van der Waals surface area contributed by atoms with Gasteiger partial charge in [0.25, 0.3) is 0 Å². The standard InChI is InChI=1S/C17H18N2OS/c18-11-12-5-8-14(9-6-12)21-16-10-7-13-3-1-2-4-15(13)19-17(16)20/h1-6,8-9,16H,7,10-11,18H2,(H,19,20). The van der Waals surface area contributed by atoms with Gasteiger partial charge in [-0.25, -0.2) is 0 Å². The average Bonchev–Trinajstić information content (AvgIpc) is 2.67. The SMILES string of the molecule is NCc1ccc(SC2CCc3ccccc3NC2=O)cc1. The van der Waals surface area contributed by atoms with Crippen molar-refractivity contribution < 1.29 is 4.79 Å². The summed E-state index contributed by atoms with van der Waals surface area (Å²) in [5.41, 5.74) is 8.88. The Bertz CT molecular complexity index is 639. The lowest BCUT2D eigenvalue weighted by molar-refractivity contribution is -0.115. The van der Waals surface area contributed by atoms with Crippen LogP contribution in [0.5, 0.6) is 0 Å². The van der Waals surface area contributed by atoms with Gasteiger partial charge in [-0.3, -0.25) is 4.79 Å². The Morgan fingerprint density at radius 1 is 1.14 bits per heavy atom. The zero-order valence-corrected chi connectivity index (χ0v) is 12.5. The maximum Gasteiger partial charge on any atom is 0.237 e. The van der Waals surface area contributed by atoms with E-state index in [9.17, 15) is 4.79 Å².